The quantitative estimate of drug-likeness (QED) is 0.645. The number of aromatic nitrogens is 1. The first-order chi connectivity index (χ1) is 10.9. The van der Waals surface area contributed by atoms with Crippen molar-refractivity contribution >= 4 is 28.6 Å². The molecule has 2 nitrogen and oxygen atoms in total. The van der Waals surface area contributed by atoms with Gasteiger partial charge in [-0.15, -0.1) is 11.3 Å². The summed E-state index contributed by atoms with van der Waals surface area (Å²) in [6.45, 7) is 4.06. The molecule has 0 aliphatic carbocycles. The van der Waals surface area contributed by atoms with Crippen LogP contribution < -0.4 is 5.73 Å². The summed E-state index contributed by atoms with van der Waals surface area (Å²) in [4.78, 5) is 4.65. The minimum atomic E-state index is -0.417. The van der Waals surface area contributed by atoms with E-state index >= 15 is 0 Å². The van der Waals surface area contributed by atoms with Crippen molar-refractivity contribution in [3.05, 3.63) is 68.9 Å². The van der Waals surface area contributed by atoms with Crippen LogP contribution in [-0.4, -0.2) is 4.98 Å². The van der Waals surface area contributed by atoms with Crippen molar-refractivity contribution in [3.63, 3.8) is 0 Å². The Kier molecular flexibility index (Phi) is 4.37. The Morgan fingerprint density at radius 1 is 1.17 bits per heavy atom. The lowest BCUT2D eigenvalue weighted by Crippen LogP contribution is -1.97. The molecule has 3 rings (SSSR count). The molecule has 0 unspecified atom stereocenters. The van der Waals surface area contributed by atoms with Crippen molar-refractivity contribution in [1.82, 2.24) is 4.98 Å². The maximum Gasteiger partial charge on any atom is 0.141 e. The molecule has 0 spiro atoms. The van der Waals surface area contributed by atoms with E-state index in [-0.39, 0.29) is 5.02 Å². The molecule has 1 heterocycles. The van der Waals surface area contributed by atoms with Crippen LogP contribution in [0.2, 0.25) is 5.02 Å². The number of nitrogens with two attached hydrogens (primary N) is 1. The second-order valence-electron chi connectivity index (χ2n) is 5.58. The number of benzene rings is 2. The highest BCUT2D eigenvalue weighted by atomic mass is 35.5. The zero-order valence-electron chi connectivity index (χ0n) is 12.9. The van der Waals surface area contributed by atoms with Crippen LogP contribution in [0, 0.1) is 19.7 Å². The first-order valence-electron chi connectivity index (χ1n) is 7.19. The van der Waals surface area contributed by atoms with E-state index in [2.05, 4.69) is 18.0 Å². The number of thiazole rings is 1. The number of hydrogen-bond acceptors (Lipinski definition) is 3. The van der Waals surface area contributed by atoms with E-state index in [4.69, 9.17) is 17.3 Å². The third kappa shape index (κ3) is 3.38. The molecule has 1 aromatic heterocycles. The molecule has 3 aromatic rings. The first kappa shape index (κ1) is 16.0. The Balaban J connectivity index is 1.88. The Morgan fingerprint density at radius 3 is 2.70 bits per heavy atom. The number of anilines is 1. The second kappa shape index (κ2) is 6.30. The standard InChI is InChI=1S/C18H16ClFN2S/c1-10-6-17(21)11(2)5-13(10)7-14-9-23-18(22-14)12-3-4-16(20)15(19)8-12/h3-6,8-9H,7,21H2,1-2H3. The summed E-state index contributed by atoms with van der Waals surface area (Å²) < 4.78 is 13.3. The van der Waals surface area contributed by atoms with Gasteiger partial charge < -0.3 is 5.73 Å². The molecule has 0 saturated heterocycles. The lowest BCUT2D eigenvalue weighted by molar-refractivity contribution is 0.628. The maximum atomic E-state index is 13.3. The Hall–Kier alpha value is -1.91. The molecular weight excluding hydrogens is 331 g/mol. The van der Waals surface area contributed by atoms with Crippen molar-refractivity contribution in [2.45, 2.75) is 20.3 Å². The molecule has 2 aromatic carbocycles. The fraction of sp³-hybridized carbons (Fsp3) is 0.167. The van der Waals surface area contributed by atoms with Crippen LogP contribution in [0.3, 0.4) is 0 Å². The molecule has 118 valence electrons. The van der Waals surface area contributed by atoms with Crippen LogP contribution >= 0.6 is 22.9 Å². The van der Waals surface area contributed by atoms with Gasteiger partial charge in [-0.2, -0.15) is 0 Å². The normalized spacial score (nSPS) is 11.0. The number of nitrogens with zero attached hydrogens (tertiary/aromatic N) is 1. The van der Waals surface area contributed by atoms with Gasteiger partial charge in [0.15, 0.2) is 0 Å². The van der Waals surface area contributed by atoms with Crippen LogP contribution in [0.4, 0.5) is 10.1 Å². The van der Waals surface area contributed by atoms with Crippen LogP contribution in [0.15, 0.2) is 35.7 Å². The highest BCUT2D eigenvalue weighted by Crippen LogP contribution is 2.29. The summed E-state index contributed by atoms with van der Waals surface area (Å²) in [5.74, 6) is -0.417. The summed E-state index contributed by atoms with van der Waals surface area (Å²) in [6, 6.07) is 8.78. The molecule has 0 aliphatic rings. The maximum absolute atomic E-state index is 13.3. The van der Waals surface area contributed by atoms with Gasteiger partial charge >= 0.3 is 0 Å². The molecular formula is C18H16ClFN2S. The fourth-order valence-corrected chi connectivity index (χ4v) is 3.43. The number of hydrogen-bond donors (Lipinski definition) is 1. The summed E-state index contributed by atoms with van der Waals surface area (Å²) in [6.07, 6.45) is 0.748. The molecule has 0 radical (unpaired) electrons. The summed E-state index contributed by atoms with van der Waals surface area (Å²) in [5.41, 5.74) is 12.0. The molecule has 0 saturated carbocycles. The third-order valence-corrected chi connectivity index (χ3v) is 5.04. The first-order valence-corrected chi connectivity index (χ1v) is 8.45. The molecule has 2 N–H and O–H groups in total. The van der Waals surface area contributed by atoms with Gasteiger partial charge in [0, 0.05) is 23.1 Å². The minimum Gasteiger partial charge on any atom is -0.399 e. The monoisotopic (exact) mass is 346 g/mol. The Bertz CT molecular complexity index is 873. The van der Waals surface area contributed by atoms with Gasteiger partial charge in [0.25, 0.3) is 0 Å². The summed E-state index contributed by atoms with van der Waals surface area (Å²) in [7, 11) is 0. The zero-order valence-corrected chi connectivity index (χ0v) is 14.4. The van der Waals surface area contributed by atoms with E-state index < -0.39 is 5.82 Å². The van der Waals surface area contributed by atoms with E-state index in [1.165, 1.54) is 23.0 Å². The number of rotatable bonds is 3. The molecule has 23 heavy (non-hydrogen) atoms. The van der Waals surface area contributed by atoms with Crippen LogP contribution in [-0.2, 0) is 6.42 Å². The minimum absolute atomic E-state index is 0.115. The van der Waals surface area contributed by atoms with E-state index in [1.54, 1.807) is 12.1 Å². The van der Waals surface area contributed by atoms with Gasteiger partial charge in [-0.3, -0.25) is 0 Å². The van der Waals surface area contributed by atoms with Crippen molar-refractivity contribution < 1.29 is 4.39 Å². The molecule has 0 fully saturated rings. The average Bonchev–Trinajstić information content (AvgIpc) is 2.96. The summed E-state index contributed by atoms with van der Waals surface area (Å²) in [5, 5.41) is 2.98. The van der Waals surface area contributed by atoms with Crippen molar-refractivity contribution in [1.29, 1.82) is 0 Å². The topological polar surface area (TPSA) is 38.9 Å². The van der Waals surface area contributed by atoms with Gasteiger partial charge in [-0.25, -0.2) is 9.37 Å². The largest absolute Gasteiger partial charge is 0.399 e. The van der Waals surface area contributed by atoms with E-state index in [0.29, 0.717) is 0 Å². The number of aryl methyl sites for hydroxylation is 2. The third-order valence-electron chi connectivity index (χ3n) is 3.81. The fourth-order valence-electron chi connectivity index (χ4n) is 2.43. The predicted molar refractivity (Wildman–Crippen MR) is 95.7 cm³/mol. The molecule has 0 bridgehead atoms. The van der Waals surface area contributed by atoms with Crippen LogP contribution in [0.5, 0.6) is 0 Å². The van der Waals surface area contributed by atoms with Gasteiger partial charge in [0.2, 0.25) is 0 Å². The van der Waals surface area contributed by atoms with Crippen LogP contribution in [0.1, 0.15) is 22.4 Å². The smallest absolute Gasteiger partial charge is 0.141 e. The highest BCUT2D eigenvalue weighted by Gasteiger charge is 2.10. The predicted octanol–water partition coefficient (Wildman–Crippen LogP) is 5.39. The molecule has 5 heteroatoms. The molecule has 0 amide bonds. The van der Waals surface area contributed by atoms with Crippen molar-refractivity contribution in [3.8, 4) is 10.6 Å². The highest BCUT2D eigenvalue weighted by molar-refractivity contribution is 7.13. The number of halogens is 2. The van der Waals surface area contributed by atoms with Gasteiger partial charge in [-0.05, 0) is 54.8 Å². The van der Waals surface area contributed by atoms with Crippen molar-refractivity contribution in [2.75, 3.05) is 5.73 Å². The van der Waals surface area contributed by atoms with Crippen LogP contribution in [0.25, 0.3) is 10.6 Å². The Labute approximate surface area is 143 Å². The lowest BCUT2D eigenvalue weighted by Gasteiger charge is -2.08. The Morgan fingerprint density at radius 2 is 1.96 bits per heavy atom. The number of nitrogen functional groups attached to an aromatic ring is 1. The lowest BCUT2D eigenvalue weighted by atomic mass is 10.0. The zero-order chi connectivity index (χ0) is 16.6. The van der Waals surface area contributed by atoms with Gasteiger partial charge in [0.05, 0.1) is 10.7 Å². The summed E-state index contributed by atoms with van der Waals surface area (Å²) >= 11 is 7.38. The van der Waals surface area contributed by atoms with E-state index in [1.807, 2.05) is 18.4 Å². The van der Waals surface area contributed by atoms with Gasteiger partial charge in [0.1, 0.15) is 10.8 Å². The van der Waals surface area contributed by atoms with E-state index in [9.17, 15) is 4.39 Å². The molecule has 0 atom stereocenters. The average molecular weight is 347 g/mol. The van der Waals surface area contributed by atoms with Gasteiger partial charge in [-0.1, -0.05) is 17.7 Å². The second-order valence-corrected chi connectivity index (χ2v) is 6.85. The SMILES string of the molecule is Cc1cc(Cc2csc(-c3ccc(F)c(Cl)c3)n2)c(C)cc1N. The molecule has 0 aliphatic heterocycles. The van der Waals surface area contributed by atoms with E-state index in [0.717, 1.165) is 39.5 Å². The van der Waals surface area contributed by atoms with Crippen molar-refractivity contribution in [2.24, 2.45) is 0 Å².